The number of halogens is 7. The van der Waals surface area contributed by atoms with Gasteiger partial charge in [-0.2, -0.15) is 26.3 Å². The minimum atomic E-state index is -5.32. The number of para-hydroxylation sites is 1. The van der Waals surface area contributed by atoms with E-state index >= 15 is 0 Å². The van der Waals surface area contributed by atoms with Gasteiger partial charge in [-0.25, -0.2) is 9.97 Å². The molecule has 1 aliphatic rings. The second-order valence-electron chi connectivity index (χ2n) is 20.3. The number of hydrogen-bond acceptors (Lipinski definition) is 11. The average Bonchev–Trinajstić information content (AvgIpc) is 1.56. The molecule has 92 heavy (non-hydrogen) atoms. The van der Waals surface area contributed by atoms with Gasteiger partial charge in [0.25, 0.3) is 0 Å². The second-order valence-corrected chi connectivity index (χ2v) is 20.3. The maximum Gasteiger partial charge on any atom is 0.397 e. The third-order valence-electron chi connectivity index (χ3n) is 13.9. The second kappa shape index (κ2) is 34.1. The molecule has 7 aromatic heterocycles. The fourth-order valence-corrected chi connectivity index (χ4v) is 9.64. The van der Waals surface area contributed by atoms with Gasteiger partial charge in [0, 0.05) is 117 Å². The minimum absolute atomic E-state index is 0. The van der Waals surface area contributed by atoms with Gasteiger partial charge < -0.3 is 37.1 Å². The Balaban J connectivity index is 0.000000225. The van der Waals surface area contributed by atoms with E-state index < -0.39 is 30.3 Å². The predicted octanol–water partition coefficient (Wildman–Crippen LogP) is 14.6. The molecule has 0 saturated heterocycles. The van der Waals surface area contributed by atoms with Gasteiger partial charge in [0.15, 0.2) is 11.9 Å². The van der Waals surface area contributed by atoms with Crippen molar-refractivity contribution < 1.29 is 120 Å². The third kappa shape index (κ3) is 17.7. The molecule has 0 unspecified atom stereocenters. The molecule has 0 aliphatic carbocycles. The molecule has 0 spiro atoms. The molecule has 0 saturated carbocycles. The summed E-state index contributed by atoms with van der Waals surface area (Å²) in [6, 6.07) is 43.6. The van der Waals surface area contributed by atoms with Crippen molar-refractivity contribution in [1.29, 1.82) is 0 Å². The van der Waals surface area contributed by atoms with Crippen LogP contribution in [0.4, 0.5) is 30.7 Å². The fraction of sp³-hybridized carbons (Fsp3) is 0.277. The summed E-state index contributed by atoms with van der Waals surface area (Å²) < 4.78 is 107. The zero-order chi connectivity index (χ0) is 62.6. The molecule has 0 amide bonds. The normalized spacial score (nSPS) is 12.2. The predicted molar refractivity (Wildman–Crippen MR) is 316 cm³/mol. The molecule has 0 atom stereocenters. The van der Waals surface area contributed by atoms with Gasteiger partial charge in [0.1, 0.15) is 5.82 Å². The Kier molecular flexibility index (Phi) is 28.0. The van der Waals surface area contributed by atoms with Gasteiger partial charge in [0.05, 0.1) is 29.4 Å². The van der Waals surface area contributed by atoms with Crippen molar-refractivity contribution >= 4 is 11.5 Å². The molecule has 1 aliphatic heterocycles. The first kappa shape index (κ1) is 75.5. The van der Waals surface area contributed by atoms with Crippen LogP contribution in [0, 0.1) is 52.6 Å². The first-order valence-corrected chi connectivity index (χ1v) is 28.3. The molecular weight excluding hydrogens is 1910 g/mol. The van der Waals surface area contributed by atoms with Crippen molar-refractivity contribution in [3.05, 3.63) is 233 Å². The van der Waals surface area contributed by atoms with E-state index in [1.807, 2.05) is 50.2 Å². The molecule has 4 radical (unpaired) electrons. The van der Waals surface area contributed by atoms with Gasteiger partial charge in [-0.05, 0) is 65.7 Å². The molecule has 16 nitrogen and oxygen atoms in total. The number of aliphatic imine (C=N–C) groups is 1. The molecule has 0 N–H and O–H groups in total. The molecule has 8 heterocycles. The molecule has 492 valence electrons. The van der Waals surface area contributed by atoms with Crippen LogP contribution in [0.5, 0.6) is 0 Å². The topological polar surface area (TPSA) is 166 Å². The van der Waals surface area contributed by atoms with E-state index in [-0.39, 0.29) is 109 Å². The van der Waals surface area contributed by atoms with Crippen molar-refractivity contribution in [3.8, 4) is 34.7 Å². The van der Waals surface area contributed by atoms with Crippen molar-refractivity contribution in [1.82, 2.24) is 63.5 Å². The monoisotopic (exact) mass is 1970 g/mol. The summed E-state index contributed by atoms with van der Waals surface area (Å²) in [4.78, 5) is 21.9. The van der Waals surface area contributed by atoms with Crippen LogP contribution in [0.2, 0.25) is 0 Å². The van der Waals surface area contributed by atoms with Crippen LogP contribution in [-0.2, 0) is 117 Å². The summed E-state index contributed by atoms with van der Waals surface area (Å²) in [5, 5.41) is 14.9. The zero-order valence-electron chi connectivity index (χ0n) is 50.6. The number of rotatable bonds is 16. The standard InChI is InChI=1S/C25H25N2.C16H10F7N4.C15H15N4O.C9H11N4O.4Ir/c1-4-11-23-25(21-12-7-5-8-13-21,22-14-9-6-10-15-22)18-24(26-23)27-17-16-19(2)20(27)3;17-7-6-12-24-13(9-26(12)10-4-2-1-3-5-10)27-8-11(15(18,19)20)14(25-27)16(21,22)23;1-3-7-13-17-15(18-20-13)19-10-16-11(2)14(19)12-8-5-4-6-9-12;1-3-4-8-10-9(12-14-8)13-6-5-7(2)11-13;;;;/h5-10,12-16,18H,4,11H2,1-3H3;1-5,9H,6-7H2;4-6,8-9H,3,7H2,1-2H3;5H,3-4H2,1-2H3;;;;/q4*-1;;;;. The molecular formula is C65H61F7Ir4N14O2-4. The van der Waals surface area contributed by atoms with E-state index in [9.17, 15) is 30.7 Å². The van der Waals surface area contributed by atoms with Crippen LogP contribution in [0.25, 0.3) is 40.5 Å². The van der Waals surface area contributed by atoms with Crippen LogP contribution in [0.3, 0.4) is 0 Å². The summed E-state index contributed by atoms with van der Waals surface area (Å²) in [6.45, 7) is 13.6. The van der Waals surface area contributed by atoms with Crippen molar-refractivity contribution in [2.45, 2.75) is 111 Å². The smallest absolute Gasteiger partial charge is 0.397 e. The average molecular weight is 1970 g/mol. The molecule has 27 heteroatoms. The van der Waals surface area contributed by atoms with Crippen molar-refractivity contribution in [2.24, 2.45) is 4.99 Å². The number of hydrogen-bond donors (Lipinski definition) is 0. The summed E-state index contributed by atoms with van der Waals surface area (Å²) in [7, 11) is 0. The molecule has 0 bridgehead atoms. The van der Waals surface area contributed by atoms with E-state index in [0.717, 1.165) is 67.0 Å². The van der Waals surface area contributed by atoms with Crippen LogP contribution >= 0.6 is 0 Å². The van der Waals surface area contributed by atoms with Crippen molar-refractivity contribution in [2.75, 3.05) is 6.67 Å². The number of allylic oxidation sites excluding steroid dienone is 1. The number of benzene rings is 4. The Morgan fingerprint density at radius 2 is 1.14 bits per heavy atom. The van der Waals surface area contributed by atoms with Gasteiger partial charge >= 0.3 is 12.4 Å². The molecule has 11 aromatic rings. The quantitative estimate of drug-likeness (QED) is 0.0671. The van der Waals surface area contributed by atoms with E-state index in [0.29, 0.717) is 29.4 Å². The zero-order valence-corrected chi connectivity index (χ0v) is 60.2. The largest absolute Gasteiger partial charge is 0.433 e. The summed E-state index contributed by atoms with van der Waals surface area (Å²) in [5.41, 5.74) is 5.95. The van der Waals surface area contributed by atoms with Crippen molar-refractivity contribution in [3.63, 3.8) is 0 Å². The SMILES string of the molecule is CCCC1=NC(n2[c-]cc(C)c2C)=CC1(c1ccccc1)c1ccccc1.CCCc1nc(-n2[c-]cc(C)n2)no1.CCCc1nc(-n2[c-]nc(C)c2-c2ccccc2)no1.FCCc1nc(-n2[c-]c(C(F)(F)F)c(C(F)(F)F)n2)cn1-c1ccccc1.[Ir].[Ir].[Ir].[Ir]. The minimum Gasteiger partial charge on any atom is -0.433 e. The molecule has 0 fully saturated rings. The Morgan fingerprint density at radius 3 is 1.64 bits per heavy atom. The van der Waals surface area contributed by atoms with Crippen LogP contribution in [0.1, 0.15) is 109 Å². The number of alkyl halides is 7. The third-order valence-corrected chi connectivity index (χ3v) is 13.9. The Labute approximate surface area is 581 Å². The summed E-state index contributed by atoms with van der Waals surface area (Å²) >= 11 is 0. The number of nitrogens with zero attached hydrogens (tertiary/aromatic N) is 14. The van der Waals surface area contributed by atoms with Gasteiger partial charge in [-0.15, -0.1) is 22.9 Å². The van der Waals surface area contributed by atoms with Crippen LogP contribution in [-0.4, -0.2) is 75.9 Å². The van der Waals surface area contributed by atoms with Crippen LogP contribution in [0.15, 0.2) is 160 Å². The summed E-state index contributed by atoms with van der Waals surface area (Å²) in [5.74, 6) is 2.95. The van der Waals surface area contributed by atoms with E-state index in [1.54, 1.807) is 47.2 Å². The number of aryl methyl sites for hydroxylation is 6. The first-order valence-electron chi connectivity index (χ1n) is 28.3. The Bertz CT molecular complexity index is 4030. The van der Waals surface area contributed by atoms with Gasteiger partial charge in [-0.1, -0.05) is 211 Å². The Hall–Kier alpha value is -7.20. The molecule has 4 aromatic carbocycles. The molecule has 12 rings (SSSR count). The van der Waals surface area contributed by atoms with E-state index in [4.69, 9.17) is 14.0 Å². The Morgan fingerprint density at radius 1 is 0.587 bits per heavy atom. The van der Waals surface area contributed by atoms with E-state index in [1.165, 1.54) is 43.5 Å². The maximum absolute atomic E-state index is 12.9. The van der Waals surface area contributed by atoms with E-state index in [2.05, 4.69) is 165 Å². The summed E-state index contributed by atoms with van der Waals surface area (Å²) in [6.07, 6.45) is 9.01. The number of aromatic nitrogens is 13. The fourth-order valence-electron chi connectivity index (χ4n) is 9.64. The van der Waals surface area contributed by atoms with Gasteiger partial charge in [-0.3, -0.25) is 24.6 Å². The maximum atomic E-state index is 12.9. The van der Waals surface area contributed by atoms with Gasteiger partial charge in [0.2, 0.25) is 11.8 Å². The number of imidazole rings is 2. The van der Waals surface area contributed by atoms with Crippen LogP contribution < -0.4 is 0 Å². The first-order chi connectivity index (χ1) is 42.4.